The fraction of sp³-hybridized carbons (Fsp3) is 0. The second-order valence-electron chi connectivity index (χ2n) is 5.49. The number of rotatable bonds is 4. The van der Waals surface area contributed by atoms with E-state index in [4.69, 9.17) is 4.74 Å². The summed E-state index contributed by atoms with van der Waals surface area (Å²) in [5, 5.41) is 5.57. The van der Waals surface area contributed by atoms with Crippen molar-refractivity contribution in [2.75, 3.05) is 10.6 Å². The molecule has 0 bridgehead atoms. The van der Waals surface area contributed by atoms with Crippen LogP contribution in [0.15, 0.2) is 72.8 Å². The average molecular weight is 362 g/mol. The molecule has 4 aromatic rings. The van der Waals surface area contributed by atoms with Crippen LogP contribution in [0.2, 0.25) is 0 Å². The number of nitrogens with zero attached hydrogens (tertiary/aromatic N) is 2. The highest BCUT2D eigenvalue weighted by Gasteiger charge is 2.05. The molecular formula is C19H14N4O2S. The van der Waals surface area contributed by atoms with Gasteiger partial charge >= 0.3 is 6.03 Å². The fourth-order valence-corrected chi connectivity index (χ4v) is 2.90. The number of carbonyl (C=O) groups excluding carboxylic acids is 1. The second kappa shape index (κ2) is 7.20. The molecule has 0 saturated heterocycles. The number of hydrogen-bond acceptors (Lipinski definition) is 5. The molecule has 0 radical (unpaired) electrons. The quantitative estimate of drug-likeness (QED) is 0.528. The van der Waals surface area contributed by atoms with Gasteiger partial charge in [-0.1, -0.05) is 18.2 Å². The molecule has 0 aliphatic rings. The maximum absolute atomic E-state index is 12.1. The molecular weight excluding hydrogens is 348 g/mol. The number of carbonyl (C=O) groups is 1. The predicted molar refractivity (Wildman–Crippen MR) is 103 cm³/mol. The standard InChI is InChI=1S/C19H14N4O2S/c24-19(21-14-8-11-17-18(12-14)23-26-22-17)20-13-6-9-16(10-7-13)25-15-4-2-1-3-5-15/h1-12H,(H2,20,21,24). The summed E-state index contributed by atoms with van der Waals surface area (Å²) < 4.78 is 14.0. The number of urea groups is 1. The molecule has 3 aromatic carbocycles. The third-order valence-electron chi connectivity index (χ3n) is 3.60. The Kier molecular flexibility index (Phi) is 4.44. The number of ether oxygens (including phenoxy) is 1. The predicted octanol–water partition coefficient (Wildman–Crippen LogP) is 5.13. The lowest BCUT2D eigenvalue weighted by atomic mass is 10.3. The van der Waals surface area contributed by atoms with Gasteiger partial charge in [0.05, 0.1) is 11.7 Å². The molecule has 0 fully saturated rings. The first-order valence-corrected chi connectivity index (χ1v) is 8.63. The van der Waals surface area contributed by atoms with E-state index in [-0.39, 0.29) is 6.03 Å². The molecule has 0 saturated carbocycles. The summed E-state index contributed by atoms with van der Waals surface area (Å²) >= 11 is 1.14. The van der Waals surface area contributed by atoms with Gasteiger partial charge in [-0.3, -0.25) is 0 Å². The first-order valence-electron chi connectivity index (χ1n) is 7.89. The Morgan fingerprint density at radius 3 is 2.23 bits per heavy atom. The molecule has 2 amide bonds. The Hall–Kier alpha value is -3.45. The van der Waals surface area contributed by atoms with Crippen molar-refractivity contribution in [2.45, 2.75) is 0 Å². The minimum absolute atomic E-state index is 0.329. The van der Waals surface area contributed by atoms with Crippen LogP contribution < -0.4 is 15.4 Å². The van der Waals surface area contributed by atoms with Crippen LogP contribution in [-0.2, 0) is 0 Å². The molecule has 0 spiro atoms. The van der Waals surface area contributed by atoms with E-state index < -0.39 is 0 Å². The van der Waals surface area contributed by atoms with Crippen LogP contribution in [0.5, 0.6) is 11.5 Å². The molecule has 7 heteroatoms. The molecule has 1 aromatic heterocycles. The van der Waals surface area contributed by atoms with Gasteiger partial charge in [0.2, 0.25) is 0 Å². The molecule has 2 N–H and O–H groups in total. The topological polar surface area (TPSA) is 76.1 Å². The minimum atomic E-state index is -0.329. The van der Waals surface area contributed by atoms with Gasteiger partial charge in [0.15, 0.2) is 0 Å². The molecule has 0 aliphatic heterocycles. The molecule has 0 atom stereocenters. The van der Waals surface area contributed by atoms with Crippen molar-refractivity contribution in [3.05, 3.63) is 72.8 Å². The van der Waals surface area contributed by atoms with Crippen LogP contribution in [-0.4, -0.2) is 14.8 Å². The van der Waals surface area contributed by atoms with Crippen LogP contribution in [0.1, 0.15) is 0 Å². The van der Waals surface area contributed by atoms with Crippen LogP contribution in [0.25, 0.3) is 11.0 Å². The molecule has 26 heavy (non-hydrogen) atoms. The van der Waals surface area contributed by atoms with Crippen molar-refractivity contribution < 1.29 is 9.53 Å². The van der Waals surface area contributed by atoms with Gasteiger partial charge in [-0.15, -0.1) is 0 Å². The summed E-state index contributed by atoms with van der Waals surface area (Å²) in [4.78, 5) is 12.1. The number of benzene rings is 3. The van der Waals surface area contributed by atoms with Crippen molar-refractivity contribution in [1.82, 2.24) is 8.75 Å². The Bertz CT molecular complexity index is 1030. The first kappa shape index (κ1) is 16.0. The average Bonchev–Trinajstić information content (AvgIpc) is 3.12. The van der Waals surface area contributed by atoms with E-state index in [1.165, 1.54) is 0 Å². The lowest BCUT2D eigenvalue weighted by molar-refractivity contribution is 0.262. The zero-order chi connectivity index (χ0) is 17.8. The maximum Gasteiger partial charge on any atom is 0.323 e. The van der Waals surface area contributed by atoms with Crippen molar-refractivity contribution >= 4 is 40.2 Å². The summed E-state index contributed by atoms with van der Waals surface area (Å²) in [6, 6.07) is 21.8. The van der Waals surface area contributed by atoms with Gasteiger partial charge in [-0.05, 0) is 54.6 Å². The third kappa shape index (κ3) is 3.79. The second-order valence-corrected chi connectivity index (χ2v) is 6.01. The SMILES string of the molecule is O=C(Nc1ccc(Oc2ccccc2)cc1)Nc1ccc2nsnc2c1. The van der Waals surface area contributed by atoms with Crippen LogP contribution in [0, 0.1) is 0 Å². The van der Waals surface area contributed by atoms with E-state index >= 15 is 0 Å². The summed E-state index contributed by atoms with van der Waals surface area (Å²) in [7, 11) is 0. The monoisotopic (exact) mass is 362 g/mol. The van der Waals surface area contributed by atoms with Crippen molar-refractivity contribution in [3.8, 4) is 11.5 Å². The Labute approximate surface area is 153 Å². The number of hydrogen-bond donors (Lipinski definition) is 2. The largest absolute Gasteiger partial charge is 0.457 e. The first-order chi connectivity index (χ1) is 12.8. The van der Waals surface area contributed by atoms with Crippen LogP contribution in [0.4, 0.5) is 16.2 Å². The van der Waals surface area contributed by atoms with E-state index in [2.05, 4.69) is 19.4 Å². The van der Waals surface area contributed by atoms with Crippen LogP contribution in [0.3, 0.4) is 0 Å². The number of fused-ring (bicyclic) bond motifs is 1. The lowest BCUT2D eigenvalue weighted by Crippen LogP contribution is -2.19. The summed E-state index contributed by atoms with van der Waals surface area (Å²) in [5.41, 5.74) is 2.90. The Morgan fingerprint density at radius 2 is 1.42 bits per heavy atom. The van der Waals surface area contributed by atoms with Crippen LogP contribution >= 0.6 is 11.7 Å². The van der Waals surface area contributed by atoms with Crippen molar-refractivity contribution in [3.63, 3.8) is 0 Å². The highest BCUT2D eigenvalue weighted by Crippen LogP contribution is 2.23. The van der Waals surface area contributed by atoms with E-state index in [0.717, 1.165) is 28.5 Å². The number of aromatic nitrogens is 2. The number of nitrogens with one attached hydrogen (secondary N) is 2. The van der Waals surface area contributed by atoms with E-state index in [9.17, 15) is 4.79 Å². The van der Waals surface area contributed by atoms with E-state index in [1.54, 1.807) is 36.4 Å². The Balaban J connectivity index is 1.38. The highest BCUT2D eigenvalue weighted by atomic mass is 32.1. The van der Waals surface area contributed by atoms with Gasteiger partial charge in [0.25, 0.3) is 0 Å². The molecule has 0 aliphatic carbocycles. The lowest BCUT2D eigenvalue weighted by Gasteiger charge is -2.09. The third-order valence-corrected chi connectivity index (χ3v) is 4.16. The molecule has 128 valence electrons. The van der Waals surface area contributed by atoms with Gasteiger partial charge in [0.1, 0.15) is 22.5 Å². The molecule has 0 unspecified atom stereocenters. The minimum Gasteiger partial charge on any atom is -0.457 e. The van der Waals surface area contributed by atoms with Gasteiger partial charge in [-0.25, -0.2) is 4.79 Å². The van der Waals surface area contributed by atoms with Gasteiger partial charge in [0, 0.05) is 11.4 Å². The van der Waals surface area contributed by atoms with Crippen molar-refractivity contribution in [2.24, 2.45) is 0 Å². The zero-order valence-electron chi connectivity index (χ0n) is 13.5. The highest BCUT2D eigenvalue weighted by molar-refractivity contribution is 7.00. The summed E-state index contributed by atoms with van der Waals surface area (Å²) in [6.45, 7) is 0. The fourth-order valence-electron chi connectivity index (χ4n) is 2.38. The normalized spacial score (nSPS) is 10.5. The summed E-state index contributed by atoms with van der Waals surface area (Å²) in [5.74, 6) is 1.46. The molecule has 4 rings (SSSR count). The number of para-hydroxylation sites is 1. The van der Waals surface area contributed by atoms with Gasteiger partial charge < -0.3 is 15.4 Å². The van der Waals surface area contributed by atoms with E-state index in [0.29, 0.717) is 17.1 Å². The maximum atomic E-state index is 12.1. The van der Waals surface area contributed by atoms with Crippen molar-refractivity contribution in [1.29, 1.82) is 0 Å². The smallest absolute Gasteiger partial charge is 0.323 e. The molecule has 6 nitrogen and oxygen atoms in total. The number of anilines is 2. The molecule has 1 heterocycles. The zero-order valence-corrected chi connectivity index (χ0v) is 14.4. The van der Waals surface area contributed by atoms with E-state index in [1.807, 2.05) is 36.4 Å². The number of amides is 2. The Morgan fingerprint density at radius 1 is 0.769 bits per heavy atom. The van der Waals surface area contributed by atoms with Gasteiger partial charge in [-0.2, -0.15) is 8.75 Å². The summed E-state index contributed by atoms with van der Waals surface area (Å²) in [6.07, 6.45) is 0.